The molecule has 0 radical (unpaired) electrons. The summed E-state index contributed by atoms with van der Waals surface area (Å²) in [5.74, 6) is 0.176. The molecule has 1 fully saturated rings. The van der Waals surface area contributed by atoms with Gasteiger partial charge in [0.25, 0.3) is 5.91 Å². The molecular formula is C19H19FN2O. The van der Waals surface area contributed by atoms with Gasteiger partial charge in [-0.15, -0.1) is 0 Å². The van der Waals surface area contributed by atoms with Crippen LogP contribution >= 0.6 is 0 Å². The lowest BCUT2D eigenvalue weighted by Crippen LogP contribution is -2.28. The summed E-state index contributed by atoms with van der Waals surface area (Å²) in [7, 11) is 0. The standard InChI is InChI=1S/C19H19FN2O/c20-15-5-3-12(4-6-15)17-9-18-14(11-22-19(18)23)8-16(17)13-2-1-7-21-10-13/h3-6,8-9,13,21H,1-2,7,10-11H2,(H,22,23). The van der Waals surface area contributed by atoms with Crippen LogP contribution in [-0.2, 0) is 6.54 Å². The number of piperidine rings is 1. The molecule has 0 aromatic heterocycles. The van der Waals surface area contributed by atoms with E-state index in [9.17, 15) is 9.18 Å². The molecule has 0 saturated carbocycles. The van der Waals surface area contributed by atoms with Gasteiger partial charge in [-0.05, 0) is 65.8 Å². The molecule has 2 N–H and O–H groups in total. The molecule has 0 spiro atoms. The Balaban J connectivity index is 1.85. The molecule has 2 aliphatic rings. The molecule has 2 aromatic rings. The monoisotopic (exact) mass is 310 g/mol. The van der Waals surface area contributed by atoms with Crippen LogP contribution in [0.3, 0.4) is 0 Å². The Kier molecular flexibility index (Phi) is 3.62. The number of hydrogen-bond acceptors (Lipinski definition) is 2. The number of rotatable bonds is 2. The molecule has 1 amide bonds. The maximum Gasteiger partial charge on any atom is 0.251 e. The predicted molar refractivity (Wildman–Crippen MR) is 87.9 cm³/mol. The van der Waals surface area contributed by atoms with Crippen molar-refractivity contribution in [2.24, 2.45) is 0 Å². The SMILES string of the molecule is O=C1NCc2cc(C3CCCNC3)c(-c3ccc(F)cc3)cc21. The molecule has 0 bridgehead atoms. The van der Waals surface area contributed by atoms with E-state index in [1.54, 1.807) is 12.1 Å². The van der Waals surface area contributed by atoms with Crippen LogP contribution in [0.15, 0.2) is 36.4 Å². The van der Waals surface area contributed by atoms with Crippen molar-refractivity contribution in [3.63, 3.8) is 0 Å². The molecule has 2 aliphatic heterocycles. The lowest BCUT2D eigenvalue weighted by Gasteiger charge is -2.26. The van der Waals surface area contributed by atoms with Crippen LogP contribution in [0.4, 0.5) is 4.39 Å². The number of halogens is 1. The highest BCUT2D eigenvalue weighted by molar-refractivity contribution is 5.99. The van der Waals surface area contributed by atoms with Gasteiger partial charge in [0.2, 0.25) is 0 Å². The van der Waals surface area contributed by atoms with Crippen LogP contribution < -0.4 is 10.6 Å². The molecular weight excluding hydrogens is 291 g/mol. The van der Waals surface area contributed by atoms with Gasteiger partial charge in [-0.25, -0.2) is 4.39 Å². The first-order chi connectivity index (χ1) is 11.2. The minimum atomic E-state index is -0.242. The van der Waals surface area contributed by atoms with Gasteiger partial charge in [0, 0.05) is 18.7 Å². The molecule has 4 heteroatoms. The predicted octanol–water partition coefficient (Wildman–Crippen LogP) is 3.20. The summed E-state index contributed by atoms with van der Waals surface area (Å²) in [5, 5.41) is 6.34. The lowest BCUT2D eigenvalue weighted by atomic mass is 9.84. The van der Waals surface area contributed by atoms with Crippen molar-refractivity contribution in [2.45, 2.75) is 25.3 Å². The zero-order valence-corrected chi connectivity index (χ0v) is 12.9. The molecule has 23 heavy (non-hydrogen) atoms. The largest absolute Gasteiger partial charge is 0.348 e. The Morgan fingerprint density at radius 1 is 1.09 bits per heavy atom. The molecule has 2 aromatic carbocycles. The van der Waals surface area contributed by atoms with Crippen LogP contribution in [0.5, 0.6) is 0 Å². The molecule has 118 valence electrons. The molecule has 3 nitrogen and oxygen atoms in total. The fourth-order valence-electron chi connectivity index (χ4n) is 3.63. The third-order valence-electron chi connectivity index (χ3n) is 4.85. The molecule has 4 rings (SSSR count). The lowest BCUT2D eigenvalue weighted by molar-refractivity contribution is 0.0966. The topological polar surface area (TPSA) is 41.1 Å². The van der Waals surface area contributed by atoms with Crippen molar-refractivity contribution < 1.29 is 9.18 Å². The number of amides is 1. The van der Waals surface area contributed by atoms with Crippen molar-refractivity contribution >= 4 is 5.91 Å². The second-order valence-electron chi connectivity index (χ2n) is 6.33. The van der Waals surface area contributed by atoms with E-state index in [0.29, 0.717) is 12.5 Å². The zero-order valence-electron chi connectivity index (χ0n) is 12.9. The van der Waals surface area contributed by atoms with Gasteiger partial charge in [0.05, 0.1) is 0 Å². The van der Waals surface area contributed by atoms with Crippen molar-refractivity contribution in [3.8, 4) is 11.1 Å². The highest BCUT2D eigenvalue weighted by Gasteiger charge is 2.25. The first-order valence-corrected chi connectivity index (χ1v) is 8.14. The summed E-state index contributed by atoms with van der Waals surface area (Å²) in [6.07, 6.45) is 2.29. The second-order valence-corrected chi connectivity index (χ2v) is 6.33. The van der Waals surface area contributed by atoms with Gasteiger partial charge < -0.3 is 10.6 Å². The summed E-state index contributed by atoms with van der Waals surface area (Å²) in [5.41, 5.74) is 5.10. The third-order valence-corrected chi connectivity index (χ3v) is 4.85. The van der Waals surface area contributed by atoms with E-state index in [1.165, 1.54) is 17.7 Å². The van der Waals surface area contributed by atoms with Crippen LogP contribution in [0.25, 0.3) is 11.1 Å². The second kappa shape index (κ2) is 5.78. The Bertz CT molecular complexity index is 749. The number of nitrogens with one attached hydrogen (secondary N) is 2. The van der Waals surface area contributed by atoms with Crippen LogP contribution in [0.2, 0.25) is 0 Å². The zero-order chi connectivity index (χ0) is 15.8. The maximum absolute atomic E-state index is 13.3. The summed E-state index contributed by atoms with van der Waals surface area (Å²) in [6.45, 7) is 2.62. The first-order valence-electron chi connectivity index (χ1n) is 8.14. The number of benzene rings is 2. The highest BCUT2D eigenvalue weighted by atomic mass is 19.1. The molecule has 2 heterocycles. The smallest absolute Gasteiger partial charge is 0.251 e. The highest BCUT2D eigenvalue weighted by Crippen LogP contribution is 2.36. The minimum Gasteiger partial charge on any atom is -0.348 e. The van der Waals surface area contributed by atoms with Crippen molar-refractivity contribution in [2.75, 3.05) is 13.1 Å². The van der Waals surface area contributed by atoms with E-state index < -0.39 is 0 Å². The molecule has 1 atom stereocenters. The van der Waals surface area contributed by atoms with Crippen molar-refractivity contribution in [1.29, 1.82) is 0 Å². The summed E-state index contributed by atoms with van der Waals surface area (Å²) in [6, 6.07) is 10.7. The summed E-state index contributed by atoms with van der Waals surface area (Å²) >= 11 is 0. The molecule has 1 unspecified atom stereocenters. The summed E-state index contributed by atoms with van der Waals surface area (Å²) in [4.78, 5) is 12.0. The fourth-order valence-corrected chi connectivity index (χ4v) is 3.63. The number of carbonyl (C=O) groups excluding carboxylic acids is 1. The van der Waals surface area contributed by atoms with E-state index in [2.05, 4.69) is 16.7 Å². The normalized spacial score (nSPS) is 20.2. The Hall–Kier alpha value is -2.20. The average molecular weight is 310 g/mol. The maximum atomic E-state index is 13.3. The van der Waals surface area contributed by atoms with Crippen LogP contribution in [-0.4, -0.2) is 19.0 Å². The van der Waals surface area contributed by atoms with Crippen LogP contribution in [0.1, 0.15) is 40.2 Å². The Morgan fingerprint density at radius 3 is 2.65 bits per heavy atom. The van der Waals surface area contributed by atoms with E-state index in [1.807, 2.05) is 6.07 Å². The van der Waals surface area contributed by atoms with E-state index in [-0.39, 0.29) is 11.7 Å². The van der Waals surface area contributed by atoms with Crippen molar-refractivity contribution in [1.82, 2.24) is 10.6 Å². The molecule has 0 aliphatic carbocycles. The number of carbonyl (C=O) groups is 1. The number of hydrogen-bond donors (Lipinski definition) is 2. The van der Waals surface area contributed by atoms with E-state index in [4.69, 9.17) is 0 Å². The van der Waals surface area contributed by atoms with Gasteiger partial charge in [-0.3, -0.25) is 4.79 Å². The fraction of sp³-hybridized carbons (Fsp3) is 0.316. The minimum absolute atomic E-state index is 0.0170. The average Bonchev–Trinajstić information content (AvgIpc) is 2.96. The van der Waals surface area contributed by atoms with Gasteiger partial charge in [-0.2, -0.15) is 0 Å². The number of fused-ring (bicyclic) bond motifs is 1. The van der Waals surface area contributed by atoms with Crippen molar-refractivity contribution in [3.05, 3.63) is 58.9 Å². The quantitative estimate of drug-likeness (QED) is 0.894. The van der Waals surface area contributed by atoms with Gasteiger partial charge >= 0.3 is 0 Å². The third kappa shape index (κ3) is 2.63. The van der Waals surface area contributed by atoms with Gasteiger partial charge in [0.1, 0.15) is 5.82 Å². The summed E-state index contributed by atoms with van der Waals surface area (Å²) < 4.78 is 13.3. The van der Waals surface area contributed by atoms with Gasteiger partial charge in [-0.1, -0.05) is 18.2 Å². The Morgan fingerprint density at radius 2 is 1.91 bits per heavy atom. The Labute approximate surface area is 134 Å². The first kappa shape index (κ1) is 14.4. The van der Waals surface area contributed by atoms with Gasteiger partial charge in [0.15, 0.2) is 0 Å². The molecule has 1 saturated heterocycles. The van der Waals surface area contributed by atoms with Crippen LogP contribution in [0, 0.1) is 5.82 Å². The van der Waals surface area contributed by atoms with E-state index >= 15 is 0 Å². The van der Waals surface area contributed by atoms with E-state index in [0.717, 1.165) is 48.2 Å².